The second-order valence-electron chi connectivity index (χ2n) is 11.3. The van der Waals surface area contributed by atoms with Crippen molar-refractivity contribution in [3.8, 4) is 5.69 Å². The molecule has 5 rings (SSSR count). The van der Waals surface area contributed by atoms with Crippen molar-refractivity contribution in [1.29, 1.82) is 0 Å². The fourth-order valence-corrected chi connectivity index (χ4v) is 5.26. The first-order chi connectivity index (χ1) is 13.4. The van der Waals surface area contributed by atoms with E-state index in [1.54, 1.807) is 0 Å². The van der Waals surface area contributed by atoms with Gasteiger partial charge in [-0.25, -0.2) is 0 Å². The van der Waals surface area contributed by atoms with Gasteiger partial charge in [-0.3, -0.25) is 0 Å². The molecule has 1 aliphatic carbocycles. The van der Waals surface area contributed by atoms with Crippen LogP contribution in [0, 0.1) is 6.33 Å². The van der Waals surface area contributed by atoms with Crippen molar-refractivity contribution in [3.63, 3.8) is 0 Å². The minimum Gasteiger partial charge on any atom is -0.354 e. The van der Waals surface area contributed by atoms with Crippen LogP contribution in [0.15, 0.2) is 30.3 Å². The summed E-state index contributed by atoms with van der Waals surface area (Å²) in [6.07, 6.45) is 6.17. The van der Waals surface area contributed by atoms with Crippen LogP contribution in [0.1, 0.15) is 72.4 Å². The molecular weight excluding hydrogens is 354 g/mol. The SMILES string of the molecule is CN1c2cc3c(cc2-[n+]2[c-]n(C(C)(C)C)c4cccc1c42)C(C)(C)CCC3(C)C. The van der Waals surface area contributed by atoms with E-state index in [1.807, 2.05) is 0 Å². The Balaban J connectivity index is 1.89. The molecule has 0 atom stereocenters. The third-order valence-corrected chi connectivity index (χ3v) is 7.24. The summed E-state index contributed by atoms with van der Waals surface area (Å²) in [4.78, 5) is 2.37. The largest absolute Gasteiger partial charge is 0.354 e. The Labute approximate surface area is 175 Å². The third kappa shape index (κ3) is 2.46. The second kappa shape index (κ2) is 5.44. The Morgan fingerprint density at radius 3 is 2.17 bits per heavy atom. The molecule has 0 spiro atoms. The maximum Gasteiger partial charge on any atom is 0.244 e. The van der Waals surface area contributed by atoms with Gasteiger partial charge in [-0.2, -0.15) is 0 Å². The zero-order valence-corrected chi connectivity index (χ0v) is 19.1. The molecule has 3 aromatic rings. The van der Waals surface area contributed by atoms with Crippen molar-refractivity contribution in [1.82, 2.24) is 4.57 Å². The van der Waals surface area contributed by atoms with Crippen LogP contribution < -0.4 is 9.47 Å². The molecule has 152 valence electrons. The number of rotatable bonds is 0. The first-order valence-corrected chi connectivity index (χ1v) is 10.8. The van der Waals surface area contributed by atoms with Gasteiger partial charge in [-0.1, -0.05) is 45.9 Å². The van der Waals surface area contributed by atoms with Crippen LogP contribution in [-0.4, -0.2) is 11.6 Å². The molecule has 0 fully saturated rings. The van der Waals surface area contributed by atoms with Gasteiger partial charge in [-0.15, -0.1) is 0 Å². The van der Waals surface area contributed by atoms with Crippen LogP contribution in [-0.2, 0) is 16.4 Å². The van der Waals surface area contributed by atoms with E-state index in [2.05, 4.69) is 106 Å². The molecule has 0 saturated carbocycles. The molecule has 0 N–H and O–H groups in total. The van der Waals surface area contributed by atoms with Crippen molar-refractivity contribution in [3.05, 3.63) is 47.8 Å². The molecule has 29 heavy (non-hydrogen) atoms. The van der Waals surface area contributed by atoms with Gasteiger partial charge in [0.1, 0.15) is 0 Å². The fraction of sp³-hybridized carbons (Fsp3) is 0.500. The molecule has 3 nitrogen and oxygen atoms in total. The Morgan fingerprint density at radius 2 is 1.55 bits per heavy atom. The fourth-order valence-electron chi connectivity index (χ4n) is 5.26. The summed E-state index contributed by atoms with van der Waals surface area (Å²) in [6.45, 7) is 16.4. The summed E-state index contributed by atoms with van der Waals surface area (Å²) in [5.41, 5.74) is 9.66. The highest BCUT2D eigenvalue weighted by Gasteiger charge is 2.39. The van der Waals surface area contributed by atoms with E-state index in [1.165, 1.54) is 52.1 Å². The average molecular weight is 388 g/mol. The van der Waals surface area contributed by atoms with E-state index in [-0.39, 0.29) is 16.4 Å². The van der Waals surface area contributed by atoms with Crippen molar-refractivity contribution < 1.29 is 4.57 Å². The van der Waals surface area contributed by atoms with Gasteiger partial charge in [0, 0.05) is 18.4 Å². The monoisotopic (exact) mass is 387 g/mol. The van der Waals surface area contributed by atoms with Crippen molar-refractivity contribution in [2.45, 2.75) is 77.7 Å². The summed E-state index contributed by atoms with van der Waals surface area (Å²) < 4.78 is 4.60. The first kappa shape index (κ1) is 18.7. The van der Waals surface area contributed by atoms with Gasteiger partial charge in [0.05, 0.1) is 22.3 Å². The van der Waals surface area contributed by atoms with Crippen molar-refractivity contribution in [2.75, 3.05) is 11.9 Å². The molecule has 1 aromatic heterocycles. The summed E-state index contributed by atoms with van der Waals surface area (Å²) in [5.74, 6) is 0. The van der Waals surface area contributed by atoms with E-state index in [0.717, 1.165) is 0 Å². The van der Waals surface area contributed by atoms with Crippen LogP contribution in [0.25, 0.3) is 16.7 Å². The summed E-state index contributed by atoms with van der Waals surface area (Å²) in [7, 11) is 2.21. The molecule has 0 radical (unpaired) electrons. The highest BCUT2D eigenvalue weighted by Crippen LogP contribution is 2.49. The standard InChI is InChI=1S/C26H33N3/c1-24(2,3)29-16-28-22-15-18-17(25(4,5)12-13-26(18,6)7)14-21(22)27(8)19-10-9-11-20(29)23(19)28/h9-11,14-15H,12-13H2,1-8H3. The predicted octanol–water partition coefficient (Wildman–Crippen LogP) is 5.90. The van der Waals surface area contributed by atoms with Crippen LogP contribution in [0.4, 0.5) is 11.4 Å². The molecule has 0 amide bonds. The summed E-state index contributed by atoms with van der Waals surface area (Å²) >= 11 is 0. The number of benzene rings is 2. The lowest BCUT2D eigenvalue weighted by atomic mass is 9.63. The number of nitrogens with zero attached hydrogens (tertiary/aromatic N) is 3. The lowest BCUT2D eigenvalue weighted by Gasteiger charge is -2.44. The minimum atomic E-state index is -0.0271. The van der Waals surface area contributed by atoms with E-state index in [9.17, 15) is 0 Å². The highest BCUT2D eigenvalue weighted by atomic mass is 15.2. The maximum atomic E-state index is 3.71. The lowest BCUT2D eigenvalue weighted by Crippen LogP contribution is -2.40. The number of anilines is 2. The Kier molecular flexibility index (Phi) is 3.51. The average Bonchev–Trinajstić information content (AvgIpc) is 3.04. The Hall–Kier alpha value is -2.29. The van der Waals surface area contributed by atoms with Crippen molar-refractivity contribution in [2.24, 2.45) is 0 Å². The molecule has 1 aliphatic heterocycles. The molecular formula is C26H33N3. The van der Waals surface area contributed by atoms with Crippen LogP contribution in [0.2, 0.25) is 0 Å². The van der Waals surface area contributed by atoms with Gasteiger partial charge in [0.25, 0.3) is 0 Å². The zero-order valence-electron chi connectivity index (χ0n) is 19.1. The lowest BCUT2D eigenvalue weighted by molar-refractivity contribution is -0.573. The Bertz CT molecular complexity index is 1150. The molecule has 2 aromatic carbocycles. The molecule has 3 heteroatoms. The number of fused-ring (bicyclic) bond motifs is 3. The number of hydrogen-bond acceptors (Lipinski definition) is 1. The summed E-state index contributed by atoms with van der Waals surface area (Å²) in [6, 6.07) is 11.5. The topological polar surface area (TPSA) is 12.1 Å². The quantitative estimate of drug-likeness (QED) is 0.345. The summed E-state index contributed by atoms with van der Waals surface area (Å²) in [5, 5.41) is 0. The smallest absolute Gasteiger partial charge is 0.244 e. The molecule has 2 heterocycles. The second-order valence-corrected chi connectivity index (χ2v) is 11.3. The van der Waals surface area contributed by atoms with Crippen LogP contribution >= 0.6 is 0 Å². The third-order valence-electron chi connectivity index (χ3n) is 7.24. The van der Waals surface area contributed by atoms with E-state index in [4.69, 9.17) is 0 Å². The minimum absolute atomic E-state index is 0.0271. The normalized spacial score (nSPS) is 19.2. The Morgan fingerprint density at radius 1 is 0.931 bits per heavy atom. The predicted molar refractivity (Wildman–Crippen MR) is 121 cm³/mol. The van der Waals surface area contributed by atoms with Crippen molar-refractivity contribution >= 4 is 22.4 Å². The van der Waals surface area contributed by atoms with E-state index >= 15 is 0 Å². The van der Waals surface area contributed by atoms with E-state index < -0.39 is 0 Å². The molecule has 0 saturated heterocycles. The van der Waals surface area contributed by atoms with Gasteiger partial charge < -0.3 is 14.0 Å². The van der Waals surface area contributed by atoms with Gasteiger partial charge in [0.2, 0.25) is 6.33 Å². The molecule has 0 bridgehead atoms. The van der Waals surface area contributed by atoms with Gasteiger partial charge in [-0.05, 0) is 67.7 Å². The highest BCUT2D eigenvalue weighted by molar-refractivity contribution is 5.92. The van der Waals surface area contributed by atoms with Gasteiger partial charge in [0.15, 0.2) is 0 Å². The first-order valence-electron chi connectivity index (χ1n) is 10.8. The van der Waals surface area contributed by atoms with Crippen LogP contribution in [0.3, 0.4) is 0 Å². The van der Waals surface area contributed by atoms with Crippen LogP contribution in [0.5, 0.6) is 0 Å². The molecule has 0 unspecified atom stereocenters. The number of imidazole rings is 1. The number of hydrogen-bond donors (Lipinski definition) is 0. The van der Waals surface area contributed by atoms with E-state index in [0.29, 0.717) is 0 Å². The molecule has 2 aliphatic rings. The number of aromatic nitrogens is 2. The zero-order chi connectivity index (χ0) is 20.9. The number of para-hydroxylation sites is 1. The maximum absolute atomic E-state index is 3.71. The van der Waals surface area contributed by atoms with Gasteiger partial charge >= 0.3 is 0 Å².